The van der Waals surface area contributed by atoms with E-state index in [1.807, 2.05) is 0 Å². The van der Waals surface area contributed by atoms with Crippen molar-refractivity contribution in [2.45, 2.75) is 64.6 Å². The number of rotatable bonds is 6. The molecule has 5 atom stereocenters. The van der Waals surface area contributed by atoms with E-state index in [9.17, 15) is 0 Å². The van der Waals surface area contributed by atoms with Gasteiger partial charge in [-0.05, 0) is 0 Å². The summed E-state index contributed by atoms with van der Waals surface area (Å²) in [6.07, 6.45) is 9.58. The van der Waals surface area contributed by atoms with Crippen molar-refractivity contribution in [1.29, 1.82) is 0 Å². The van der Waals surface area contributed by atoms with Gasteiger partial charge in [0.05, 0.1) is 0 Å². The summed E-state index contributed by atoms with van der Waals surface area (Å²) < 4.78 is 7.79. The standard InChI is InChI=1S/C15H28IO/c1-4-5-6-7-14-11(2)8-13-9-12(10-16-3)15(14)17-13/h11-15H,4-10H2,1-3H3/q-1. The Morgan fingerprint density at radius 3 is 2.76 bits per heavy atom. The molecule has 0 aromatic rings. The molecule has 2 fully saturated rings. The first-order chi connectivity index (χ1) is 8.26. The van der Waals surface area contributed by atoms with Crippen LogP contribution in [-0.4, -0.2) is 21.6 Å². The summed E-state index contributed by atoms with van der Waals surface area (Å²) >= 11 is 0.439. The maximum atomic E-state index is 6.29. The van der Waals surface area contributed by atoms with Gasteiger partial charge in [0.15, 0.2) is 0 Å². The van der Waals surface area contributed by atoms with E-state index in [0.717, 1.165) is 17.8 Å². The molecule has 0 aromatic carbocycles. The van der Waals surface area contributed by atoms with E-state index in [-0.39, 0.29) is 0 Å². The first kappa shape index (κ1) is 14.1. The second-order valence-electron chi connectivity index (χ2n) is 6.01. The van der Waals surface area contributed by atoms with Crippen LogP contribution in [0.5, 0.6) is 0 Å². The molecular weight excluding hydrogens is 323 g/mol. The Balaban J connectivity index is 1.92. The van der Waals surface area contributed by atoms with Crippen molar-refractivity contribution >= 4 is 0 Å². The van der Waals surface area contributed by atoms with E-state index in [2.05, 4.69) is 18.8 Å². The quantitative estimate of drug-likeness (QED) is 0.389. The van der Waals surface area contributed by atoms with Gasteiger partial charge in [-0.25, -0.2) is 0 Å². The van der Waals surface area contributed by atoms with Crippen LogP contribution in [0.2, 0.25) is 0 Å². The SMILES string of the molecule is CCCCCC1C(C)CC2CC(C[I-]C)C1O2. The summed E-state index contributed by atoms with van der Waals surface area (Å²) in [7, 11) is 0. The Kier molecular flexibility index (Phi) is 5.59. The number of ether oxygens (including phenoxy) is 1. The third-order valence-electron chi connectivity index (χ3n) is 4.66. The zero-order chi connectivity index (χ0) is 12.3. The van der Waals surface area contributed by atoms with Crippen LogP contribution in [-0.2, 0) is 4.74 Å². The number of hydrogen-bond donors (Lipinski definition) is 0. The van der Waals surface area contributed by atoms with Crippen molar-refractivity contribution in [2.24, 2.45) is 17.8 Å². The molecule has 1 nitrogen and oxygen atoms in total. The average molecular weight is 351 g/mol. The number of fused-ring (bicyclic) bond motifs is 2. The Labute approximate surface area is 117 Å². The Morgan fingerprint density at radius 1 is 1.24 bits per heavy atom. The van der Waals surface area contributed by atoms with E-state index in [4.69, 9.17) is 4.74 Å². The van der Waals surface area contributed by atoms with Crippen LogP contribution >= 0.6 is 0 Å². The van der Waals surface area contributed by atoms with Crippen LogP contribution in [0, 0.1) is 17.8 Å². The van der Waals surface area contributed by atoms with Gasteiger partial charge in [0.25, 0.3) is 0 Å². The number of alkyl halides is 2. The molecule has 0 aromatic heterocycles. The first-order valence-electron chi connectivity index (χ1n) is 7.35. The minimum atomic E-state index is 0.439. The zero-order valence-corrected chi connectivity index (χ0v) is 13.8. The van der Waals surface area contributed by atoms with E-state index in [1.54, 1.807) is 0 Å². The Hall–Kier alpha value is 0.690. The second-order valence-corrected chi connectivity index (χ2v) is 8.42. The maximum absolute atomic E-state index is 6.29. The van der Waals surface area contributed by atoms with Gasteiger partial charge >= 0.3 is 118 Å². The molecule has 2 saturated heterocycles. The van der Waals surface area contributed by atoms with Gasteiger partial charge in [0.1, 0.15) is 0 Å². The summed E-state index contributed by atoms with van der Waals surface area (Å²) in [6, 6.07) is 0. The van der Waals surface area contributed by atoms with Crippen LogP contribution in [0.3, 0.4) is 0 Å². The van der Waals surface area contributed by atoms with Crippen molar-refractivity contribution < 1.29 is 25.9 Å². The molecule has 2 heteroatoms. The molecule has 0 saturated carbocycles. The molecule has 17 heavy (non-hydrogen) atoms. The second kappa shape index (κ2) is 6.74. The normalized spacial score (nSPS) is 41.0. The third kappa shape index (κ3) is 3.37. The summed E-state index contributed by atoms with van der Waals surface area (Å²) in [5.41, 5.74) is 0. The van der Waals surface area contributed by atoms with Gasteiger partial charge < -0.3 is 0 Å². The van der Waals surface area contributed by atoms with E-state index >= 15 is 0 Å². The van der Waals surface area contributed by atoms with Crippen molar-refractivity contribution in [1.82, 2.24) is 0 Å². The minimum absolute atomic E-state index is 0.439. The van der Waals surface area contributed by atoms with Crippen LogP contribution in [0.25, 0.3) is 0 Å². The molecule has 0 spiro atoms. The van der Waals surface area contributed by atoms with Crippen molar-refractivity contribution in [3.63, 3.8) is 0 Å². The molecule has 0 aliphatic carbocycles. The van der Waals surface area contributed by atoms with Gasteiger partial charge in [-0.3, -0.25) is 0 Å². The van der Waals surface area contributed by atoms with Crippen LogP contribution in [0.1, 0.15) is 52.4 Å². The number of halogens is 1. The first-order valence-corrected chi connectivity index (χ1v) is 11.0. The Morgan fingerprint density at radius 2 is 2.06 bits per heavy atom. The van der Waals surface area contributed by atoms with E-state index in [1.165, 1.54) is 43.0 Å². The fraction of sp³-hybridized carbons (Fsp3) is 1.00. The molecule has 5 unspecified atom stereocenters. The fourth-order valence-electron chi connectivity index (χ4n) is 3.80. The molecule has 2 bridgehead atoms. The molecule has 2 rings (SSSR count). The molecule has 2 aliphatic heterocycles. The summed E-state index contributed by atoms with van der Waals surface area (Å²) in [5.74, 6) is 2.71. The van der Waals surface area contributed by atoms with Crippen LogP contribution < -0.4 is 21.2 Å². The summed E-state index contributed by atoms with van der Waals surface area (Å²) in [5, 5.41) is 0. The predicted molar refractivity (Wildman–Crippen MR) is 69.0 cm³/mol. The summed E-state index contributed by atoms with van der Waals surface area (Å²) in [6.45, 7) is 4.78. The number of unbranched alkanes of at least 4 members (excludes halogenated alkanes) is 2. The van der Waals surface area contributed by atoms with Gasteiger partial charge in [-0.15, -0.1) is 0 Å². The van der Waals surface area contributed by atoms with Gasteiger partial charge in [0.2, 0.25) is 0 Å². The van der Waals surface area contributed by atoms with Crippen LogP contribution in [0.15, 0.2) is 0 Å². The molecule has 0 N–H and O–H groups in total. The molecule has 2 aliphatic rings. The molecule has 0 amide bonds. The van der Waals surface area contributed by atoms with Crippen molar-refractivity contribution in [3.05, 3.63) is 0 Å². The predicted octanol–water partition coefficient (Wildman–Crippen LogP) is 0.715. The van der Waals surface area contributed by atoms with E-state index in [0.29, 0.717) is 33.4 Å². The van der Waals surface area contributed by atoms with Gasteiger partial charge in [0, 0.05) is 0 Å². The summed E-state index contributed by atoms with van der Waals surface area (Å²) in [4.78, 5) is 2.43. The topological polar surface area (TPSA) is 9.23 Å². The molecule has 2 heterocycles. The molecule has 0 radical (unpaired) electrons. The van der Waals surface area contributed by atoms with Gasteiger partial charge in [-0.2, -0.15) is 0 Å². The van der Waals surface area contributed by atoms with Crippen molar-refractivity contribution in [3.8, 4) is 0 Å². The third-order valence-corrected chi connectivity index (χ3v) is 6.67. The fourth-order valence-corrected chi connectivity index (χ4v) is 5.80. The number of hydrogen-bond acceptors (Lipinski definition) is 1. The average Bonchev–Trinajstić information content (AvgIpc) is 2.62. The molecular formula is C15H28IO-. The van der Waals surface area contributed by atoms with Crippen molar-refractivity contribution in [2.75, 3.05) is 9.36 Å². The van der Waals surface area contributed by atoms with Gasteiger partial charge in [-0.1, -0.05) is 0 Å². The monoisotopic (exact) mass is 351 g/mol. The van der Waals surface area contributed by atoms with E-state index < -0.39 is 0 Å². The molecule has 102 valence electrons. The zero-order valence-electron chi connectivity index (χ0n) is 11.6. The van der Waals surface area contributed by atoms with Crippen LogP contribution in [0.4, 0.5) is 0 Å². The Bertz CT molecular complexity index is 231.